The van der Waals surface area contributed by atoms with Crippen molar-refractivity contribution in [1.29, 1.82) is 0 Å². The highest BCUT2D eigenvalue weighted by Crippen LogP contribution is 2.45. The molecule has 0 bridgehead atoms. The fraction of sp³-hybridized carbons (Fsp3) is 0.647. The molecule has 114 valence electrons. The molecule has 0 radical (unpaired) electrons. The lowest BCUT2D eigenvalue weighted by atomic mass is 9.89. The van der Waals surface area contributed by atoms with E-state index in [0.717, 1.165) is 5.30 Å². The van der Waals surface area contributed by atoms with E-state index in [0.29, 0.717) is 17.8 Å². The first-order chi connectivity index (χ1) is 9.11. The minimum absolute atomic E-state index is 0.338. The van der Waals surface area contributed by atoms with Crippen molar-refractivity contribution in [3.63, 3.8) is 0 Å². The fourth-order valence-corrected chi connectivity index (χ4v) is 4.24. The highest BCUT2D eigenvalue weighted by Gasteiger charge is 2.28. The van der Waals surface area contributed by atoms with Gasteiger partial charge in [0.05, 0.1) is 0 Å². The Morgan fingerprint density at radius 3 is 1.55 bits per heavy atom. The van der Waals surface area contributed by atoms with Crippen LogP contribution in [0.5, 0.6) is 0 Å². The quantitative estimate of drug-likeness (QED) is 0.695. The summed E-state index contributed by atoms with van der Waals surface area (Å²) in [5.74, 6) is 1.15. The van der Waals surface area contributed by atoms with Gasteiger partial charge < -0.3 is 4.52 Å². The Labute approximate surface area is 124 Å². The Balaban J connectivity index is 3.73. The molecule has 0 heterocycles. The standard InChI is InChI=1S/C17H29O2P/c1-11(2)14-9-15(12(3)4)17(20(8,18)19-7)16(10-14)13(5)6/h9-13H,1-8H3. The highest BCUT2D eigenvalue weighted by molar-refractivity contribution is 7.66. The van der Waals surface area contributed by atoms with Gasteiger partial charge in [-0.05, 0) is 34.4 Å². The van der Waals surface area contributed by atoms with Gasteiger partial charge in [-0.15, -0.1) is 0 Å². The number of rotatable bonds is 5. The van der Waals surface area contributed by atoms with Crippen LogP contribution in [0.4, 0.5) is 0 Å². The summed E-state index contributed by atoms with van der Waals surface area (Å²) in [7, 11) is -1.21. The van der Waals surface area contributed by atoms with Crippen LogP contribution in [0.3, 0.4) is 0 Å². The Hall–Kier alpha value is -0.590. The van der Waals surface area contributed by atoms with Gasteiger partial charge in [0.2, 0.25) is 7.37 Å². The lowest BCUT2D eigenvalue weighted by molar-refractivity contribution is 0.407. The summed E-state index contributed by atoms with van der Waals surface area (Å²) < 4.78 is 18.3. The molecule has 0 saturated heterocycles. The van der Waals surface area contributed by atoms with E-state index >= 15 is 0 Å². The monoisotopic (exact) mass is 296 g/mol. The molecule has 2 nitrogen and oxygen atoms in total. The van der Waals surface area contributed by atoms with Crippen LogP contribution in [0.25, 0.3) is 0 Å². The van der Waals surface area contributed by atoms with Gasteiger partial charge in [-0.2, -0.15) is 0 Å². The van der Waals surface area contributed by atoms with Crippen molar-refractivity contribution in [2.24, 2.45) is 0 Å². The molecule has 0 aliphatic carbocycles. The van der Waals surface area contributed by atoms with E-state index in [2.05, 4.69) is 53.7 Å². The van der Waals surface area contributed by atoms with Crippen LogP contribution in [0.1, 0.15) is 76.0 Å². The van der Waals surface area contributed by atoms with Crippen molar-refractivity contribution in [2.75, 3.05) is 13.8 Å². The van der Waals surface area contributed by atoms with Gasteiger partial charge in [-0.3, -0.25) is 4.57 Å². The molecule has 1 rings (SSSR count). The summed E-state index contributed by atoms with van der Waals surface area (Å²) in [5.41, 5.74) is 3.66. The zero-order valence-electron chi connectivity index (χ0n) is 14.2. The molecular formula is C17H29O2P. The summed E-state index contributed by atoms with van der Waals surface area (Å²) in [5, 5.41) is 0.939. The van der Waals surface area contributed by atoms with Crippen LogP contribution in [0.2, 0.25) is 0 Å². The van der Waals surface area contributed by atoms with Gasteiger partial charge in [-0.25, -0.2) is 0 Å². The van der Waals surface area contributed by atoms with Crippen LogP contribution < -0.4 is 5.30 Å². The van der Waals surface area contributed by atoms with Crippen LogP contribution in [0, 0.1) is 0 Å². The summed E-state index contributed by atoms with van der Waals surface area (Å²) in [6, 6.07) is 4.43. The maximum Gasteiger partial charge on any atom is 0.229 e. The molecule has 20 heavy (non-hydrogen) atoms. The van der Waals surface area contributed by atoms with E-state index in [4.69, 9.17) is 4.52 Å². The van der Waals surface area contributed by atoms with Gasteiger partial charge in [0, 0.05) is 19.1 Å². The molecule has 3 heteroatoms. The second-order valence-electron chi connectivity index (χ2n) is 6.54. The predicted molar refractivity (Wildman–Crippen MR) is 88.9 cm³/mol. The smallest absolute Gasteiger partial charge is 0.229 e. The van der Waals surface area contributed by atoms with Gasteiger partial charge in [-0.1, -0.05) is 53.7 Å². The first-order valence-corrected chi connectivity index (χ1v) is 9.50. The second-order valence-corrected chi connectivity index (χ2v) is 9.04. The first kappa shape index (κ1) is 17.5. The lowest BCUT2D eigenvalue weighted by Crippen LogP contribution is -2.20. The lowest BCUT2D eigenvalue weighted by Gasteiger charge is -2.25. The van der Waals surface area contributed by atoms with E-state index in [1.165, 1.54) is 16.7 Å². The highest BCUT2D eigenvalue weighted by atomic mass is 31.2. The molecule has 0 N–H and O–H groups in total. The van der Waals surface area contributed by atoms with Crippen molar-refractivity contribution < 1.29 is 9.09 Å². The third-order valence-corrected chi connectivity index (χ3v) is 5.88. The summed E-state index contributed by atoms with van der Waals surface area (Å²) >= 11 is 0. The molecule has 1 unspecified atom stereocenters. The normalized spacial score (nSPS) is 15.2. The summed E-state index contributed by atoms with van der Waals surface area (Å²) in [6.07, 6.45) is 0. The van der Waals surface area contributed by atoms with Crippen LogP contribution in [0.15, 0.2) is 12.1 Å². The maximum absolute atomic E-state index is 12.9. The zero-order chi connectivity index (χ0) is 15.7. The fourth-order valence-electron chi connectivity index (χ4n) is 2.48. The molecule has 1 atom stereocenters. The second kappa shape index (κ2) is 6.45. The molecule has 0 aliphatic heterocycles. The molecule has 0 aromatic heterocycles. The molecule has 0 saturated carbocycles. The molecule has 0 amide bonds. The van der Waals surface area contributed by atoms with E-state index in [-0.39, 0.29) is 0 Å². The van der Waals surface area contributed by atoms with Crippen LogP contribution >= 0.6 is 7.37 Å². The molecule has 1 aromatic rings. The number of hydrogen-bond donors (Lipinski definition) is 0. The summed E-state index contributed by atoms with van der Waals surface area (Å²) in [4.78, 5) is 0. The van der Waals surface area contributed by atoms with E-state index in [9.17, 15) is 4.57 Å². The Morgan fingerprint density at radius 2 is 1.30 bits per heavy atom. The molecule has 0 fully saturated rings. The minimum Gasteiger partial charge on any atom is -0.329 e. The molecule has 0 aliphatic rings. The van der Waals surface area contributed by atoms with Crippen molar-refractivity contribution in [3.8, 4) is 0 Å². The van der Waals surface area contributed by atoms with Gasteiger partial charge in [0.1, 0.15) is 0 Å². The Morgan fingerprint density at radius 1 is 0.900 bits per heavy atom. The number of hydrogen-bond acceptors (Lipinski definition) is 2. The van der Waals surface area contributed by atoms with Gasteiger partial charge in [0.25, 0.3) is 0 Å². The Bertz CT molecular complexity index is 487. The van der Waals surface area contributed by atoms with Gasteiger partial charge >= 0.3 is 0 Å². The van der Waals surface area contributed by atoms with Crippen molar-refractivity contribution in [1.82, 2.24) is 0 Å². The van der Waals surface area contributed by atoms with E-state index in [1.807, 2.05) is 0 Å². The van der Waals surface area contributed by atoms with E-state index in [1.54, 1.807) is 13.8 Å². The van der Waals surface area contributed by atoms with Gasteiger partial charge in [0.15, 0.2) is 0 Å². The minimum atomic E-state index is -2.76. The van der Waals surface area contributed by atoms with Crippen LogP contribution in [-0.4, -0.2) is 13.8 Å². The van der Waals surface area contributed by atoms with Crippen molar-refractivity contribution in [3.05, 3.63) is 28.8 Å². The predicted octanol–water partition coefficient (Wildman–Crippen LogP) is 5.24. The topological polar surface area (TPSA) is 26.3 Å². The largest absolute Gasteiger partial charge is 0.329 e. The first-order valence-electron chi connectivity index (χ1n) is 7.43. The van der Waals surface area contributed by atoms with Crippen molar-refractivity contribution in [2.45, 2.75) is 59.3 Å². The molecule has 0 spiro atoms. The third-order valence-electron chi connectivity index (χ3n) is 3.86. The Kier molecular flexibility index (Phi) is 5.63. The van der Waals surface area contributed by atoms with E-state index < -0.39 is 7.37 Å². The zero-order valence-corrected chi connectivity index (χ0v) is 15.0. The number of benzene rings is 1. The maximum atomic E-state index is 12.9. The van der Waals surface area contributed by atoms with Crippen molar-refractivity contribution >= 4 is 12.7 Å². The SMILES string of the molecule is COP(C)(=O)c1c(C(C)C)cc(C(C)C)cc1C(C)C. The van der Waals surface area contributed by atoms with Crippen LogP contribution in [-0.2, 0) is 9.09 Å². The molecular weight excluding hydrogens is 267 g/mol. The molecule has 1 aromatic carbocycles. The average molecular weight is 296 g/mol. The average Bonchev–Trinajstić information content (AvgIpc) is 2.36. The summed E-state index contributed by atoms with van der Waals surface area (Å²) in [6.45, 7) is 14.8. The third kappa shape index (κ3) is 3.54.